The summed E-state index contributed by atoms with van der Waals surface area (Å²) in [5.74, 6) is 6.19. The molecule has 0 unspecified atom stereocenters. The van der Waals surface area contributed by atoms with Crippen LogP contribution in [0.2, 0.25) is 0 Å². The highest BCUT2D eigenvalue weighted by atomic mass is 79.9. The van der Waals surface area contributed by atoms with Crippen LogP contribution in [-0.4, -0.2) is 9.91 Å². The summed E-state index contributed by atoms with van der Waals surface area (Å²) in [7, 11) is 0. The first-order valence-electron chi connectivity index (χ1n) is 5.58. The molecule has 0 amide bonds. The average Bonchev–Trinajstić information content (AvgIpc) is 2.44. The average molecular weight is 339 g/mol. The number of aromatic nitrogens is 1. The first-order chi connectivity index (χ1) is 9.58. The molecule has 8 heteroatoms. The van der Waals surface area contributed by atoms with E-state index in [0.717, 1.165) is 5.56 Å². The van der Waals surface area contributed by atoms with Crippen molar-refractivity contribution in [2.24, 2.45) is 5.84 Å². The summed E-state index contributed by atoms with van der Waals surface area (Å²) in [5, 5.41) is 10.8. The number of nitro benzene ring substituents is 1. The lowest BCUT2D eigenvalue weighted by atomic mass is 10.2. The third-order valence-electron chi connectivity index (χ3n) is 2.44. The molecular weight excluding hydrogens is 328 g/mol. The van der Waals surface area contributed by atoms with Crippen LogP contribution in [0.25, 0.3) is 0 Å². The fourth-order valence-corrected chi connectivity index (χ4v) is 2.01. The molecule has 0 fully saturated rings. The first kappa shape index (κ1) is 14.2. The normalized spacial score (nSPS) is 10.1. The Morgan fingerprint density at radius 2 is 2.20 bits per heavy atom. The summed E-state index contributed by atoms with van der Waals surface area (Å²) >= 11 is 3.21. The van der Waals surface area contributed by atoms with Crippen molar-refractivity contribution in [3.63, 3.8) is 0 Å². The Balaban J connectivity index is 2.12. The van der Waals surface area contributed by atoms with Crippen molar-refractivity contribution in [1.82, 2.24) is 4.98 Å². The third-order valence-corrected chi connectivity index (χ3v) is 2.90. The van der Waals surface area contributed by atoms with Crippen LogP contribution in [0.1, 0.15) is 5.56 Å². The van der Waals surface area contributed by atoms with Gasteiger partial charge in [0.05, 0.1) is 11.0 Å². The fourth-order valence-electron chi connectivity index (χ4n) is 1.55. The van der Waals surface area contributed by atoms with E-state index in [4.69, 9.17) is 10.6 Å². The van der Waals surface area contributed by atoms with Gasteiger partial charge >= 0.3 is 0 Å². The van der Waals surface area contributed by atoms with Crippen LogP contribution in [0.4, 0.5) is 11.5 Å². The highest BCUT2D eigenvalue weighted by Crippen LogP contribution is 2.26. The lowest BCUT2D eigenvalue weighted by Crippen LogP contribution is -2.09. The monoisotopic (exact) mass is 338 g/mol. The molecule has 0 aliphatic heterocycles. The second-order valence-electron chi connectivity index (χ2n) is 3.88. The Kier molecular flexibility index (Phi) is 4.49. The molecule has 0 aliphatic carbocycles. The number of nitrogen functional groups attached to an aromatic ring is 1. The Labute approximate surface area is 123 Å². The van der Waals surface area contributed by atoms with Gasteiger partial charge in [-0.05, 0) is 23.8 Å². The van der Waals surface area contributed by atoms with E-state index in [9.17, 15) is 10.1 Å². The zero-order chi connectivity index (χ0) is 14.5. The Hall–Kier alpha value is -2.19. The van der Waals surface area contributed by atoms with Crippen molar-refractivity contribution < 1.29 is 9.66 Å². The molecular formula is C12H11BrN4O3. The van der Waals surface area contributed by atoms with E-state index in [-0.39, 0.29) is 12.3 Å². The summed E-state index contributed by atoms with van der Waals surface area (Å²) in [6, 6.07) is 7.94. The summed E-state index contributed by atoms with van der Waals surface area (Å²) in [4.78, 5) is 14.3. The number of nitrogens with one attached hydrogen (secondary N) is 1. The maximum absolute atomic E-state index is 10.8. The molecule has 1 aromatic heterocycles. The second kappa shape index (κ2) is 6.31. The zero-order valence-electron chi connectivity index (χ0n) is 10.2. The summed E-state index contributed by atoms with van der Waals surface area (Å²) < 4.78 is 6.12. The van der Waals surface area contributed by atoms with E-state index >= 15 is 0 Å². The van der Waals surface area contributed by atoms with Crippen molar-refractivity contribution in [2.75, 3.05) is 5.43 Å². The lowest BCUT2D eigenvalue weighted by Gasteiger charge is -2.07. The standard InChI is InChI=1S/C12H11BrN4O3/c13-9-4-10(17(18)19)6-11(5-9)20-7-8-1-2-15-12(3-8)16-14/h1-6H,7,14H2,(H,15,16). The molecule has 7 nitrogen and oxygen atoms in total. The molecule has 3 N–H and O–H groups in total. The number of benzene rings is 1. The predicted octanol–water partition coefficient (Wildman–Crippen LogP) is 2.62. The molecule has 2 aromatic rings. The molecule has 20 heavy (non-hydrogen) atoms. The minimum Gasteiger partial charge on any atom is -0.489 e. The minimum atomic E-state index is -0.472. The number of nitrogens with two attached hydrogens (primary N) is 1. The van der Waals surface area contributed by atoms with E-state index in [1.165, 1.54) is 12.1 Å². The number of rotatable bonds is 5. The molecule has 1 aromatic carbocycles. The second-order valence-corrected chi connectivity index (χ2v) is 4.80. The molecule has 0 bridgehead atoms. The van der Waals surface area contributed by atoms with E-state index in [2.05, 4.69) is 26.3 Å². The number of nitro groups is 1. The van der Waals surface area contributed by atoms with Gasteiger partial charge in [0.1, 0.15) is 18.2 Å². The number of halogens is 1. The van der Waals surface area contributed by atoms with Gasteiger partial charge in [-0.2, -0.15) is 0 Å². The van der Waals surface area contributed by atoms with Gasteiger partial charge in [-0.3, -0.25) is 10.1 Å². The van der Waals surface area contributed by atoms with E-state index in [1.54, 1.807) is 24.4 Å². The number of hydrogen-bond acceptors (Lipinski definition) is 6. The largest absolute Gasteiger partial charge is 0.489 e. The van der Waals surface area contributed by atoms with Crippen LogP contribution in [0.5, 0.6) is 5.75 Å². The summed E-state index contributed by atoms with van der Waals surface area (Å²) in [5.41, 5.74) is 3.24. The van der Waals surface area contributed by atoms with Crippen LogP contribution in [0.3, 0.4) is 0 Å². The number of anilines is 1. The van der Waals surface area contributed by atoms with Gasteiger partial charge in [0, 0.05) is 16.7 Å². The van der Waals surface area contributed by atoms with Crippen molar-refractivity contribution in [1.29, 1.82) is 0 Å². The summed E-state index contributed by atoms with van der Waals surface area (Å²) in [6.45, 7) is 0.255. The molecule has 1 heterocycles. The molecule has 0 radical (unpaired) electrons. The van der Waals surface area contributed by atoms with Crippen molar-refractivity contribution in [3.8, 4) is 5.75 Å². The van der Waals surface area contributed by atoms with Crippen molar-refractivity contribution in [2.45, 2.75) is 6.61 Å². The first-order valence-corrected chi connectivity index (χ1v) is 6.37. The fraction of sp³-hybridized carbons (Fsp3) is 0.0833. The number of pyridine rings is 1. The van der Waals surface area contributed by atoms with Gasteiger partial charge in [-0.25, -0.2) is 10.8 Å². The van der Waals surface area contributed by atoms with Crippen LogP contribution in [0, 0.1) is 10.1 Å². The summed E-state index contributed by atoms with van der Waals surface area (Å²) in [6.07, 6.45) is 1.59. The third kappa shape index (κ3) is 3.65. The van der Waals surface area contributed by atoms with Crippen LogP contribution in [-0.2, 0) is 6.61 Å². The molecule has 104 valence electrons. The number of ether oxygens (including phenoxy) is 1. The number of hydrogen-bond donors (Lipinski definition) is 2. The molecule has 0 aliphatic rings. The predicted molar refractivity (Wildman–Crippen MR) is 77.2 cm³/mol. The molecule has 0 saturated carbocycles. The molecule has 0 atom stereocenters. The Bertz CT molecular complexity index is 636. The lowest BCUT2D eigenvalue weighted by molar-refractivity contribution is -0.385. The van der Waals surface area contributed by atoms with Gasteiger partial charge < -0.3 is 10.2 Å². The Morgan fingerprint density at radius 3 is 2.90 bits per heavy atom. The molecule has 0 spiro atoms. The number of hydrazine groups is 1. The number of non-ortho nitro benzene ring substituents is 1. The SMILES string of the molecule is NNc1cc(COc2cc(Br)cc([N+](=O)[O-])c2)ccn1. The smallest absolute Gasteiger partial charge is 0.274 e. The van der Waals surface area contributed by atoms with Crippen LogP contribution < -0.4 is 16.0 Å². The Morgan fingerprint density at radius 1 is 1.40 bits per heavy atom. The van der Waals surface area contributed by atoms with Crippen molar-refractivity contribution in [3.05, 3.63) is 56.7 Å². The van der Waals surface area contributed by atoms with Gasteiger partial charge in [-0.15, -0.1) is 0 Å². The zero-order valence-corrected chi connectivity index (χ0v) is 11.8. The molecule has 0 saturated heterocycles. The highest BCUT2D eigenvalue weighted by Gasteiger charge is 2.09. The van der Waals surface area contributed by atoms with Crippen molar-refractivity contribution >= 4 is 27.4 Å². The maximum atomic E-state index is 10.8. The quantitative estimate of drug-likeness (QED) is 0.493. The van der Waals surface area contributed by atoms with E-state index < -0.39 is 4.92 Å². The topological polar surface area (TPSA) is 103 Å². The van der Waals surface area contributed by atoms with Crippen LogP contribution >= 0.6 is 15.9 Å². The molecule has 2 rings (SSSR count). The van der Waals surface area contributed by atoms with Gasteiger partial charge in [0.25, 0.3) is 5.69 Å². The maximum Gasteiger partial charge on any atom is 0.274 e. The van der Waals surface area contributed by atoms with E-state index in [0.29, 0.717) is 16.0 Å². The van der Waals surface area contributed by atoms with E-state index in [1.807, 2.05) is 0 Å². The van der Waals surface area contributed by atoms with Gasteiger partial charge in [0.2, 0.25) is 0 Å². The van der Waals surface area contributed by atoms with Gasteiger partial charge in [0.15, 0.2) is 0 Å². The highest BCUT2D eigenvalue weighted by molar-refractivity contribution is 9.10. The minimum absolute atomic E-state index is 0.0339. The number of nitrogens with zero attached hydrogens (tertiary/aromatic N) is 2. The van der Waals surface area contributed by atoms with Gasteiger partial charge in [-0.1, -0.05) is 15.9 Å². The van der Waals surface area contributed by atoms with Crippen LogP contribution in [0.15, 0.2) is 41.0 Å².